The number of rotatable bonds is 4. The molecule has 7 heteroatoms. The highest BCUT2D eigenvalue weighted by molar-refractivity contribution is 6.31. The average molecular weight is 397 g/mol. The lowest BCUT2D eigenvalue weighted by molar-refractivity contribution is 0.0950. The first-order valence-corrected chi connectivity index (χ1v) is 9.61. The summed E-state index contributed by atoms with van der Waals surface area (Å²) in [5.74, 6) is 0.783. The number of benzene rings is 1. The van der Waals surface area contributed by atoms with Gasteiger partial charge in [-0.25, -0.2) is 4.98 Å². The van der Waals surface area contributed by atoms with Gasteiger partial charge in [-0.2, -0.15) is 0 Å². The maximum Gasteiger partial charge on any atom is 0.253 e. The van der Waals surface area contributed by atoms with Crippen molar-refractivity contribution in [2.45, 2.75) is 13.5 Å². The van der Waals surface area contributed by atoms with E-state index in [1.165, 1.54) is 0 Å². The van der Waals surface area contributed by atoms with Crippen LogP contribution in [0.4, 0.5) is 5.82 Å². The van der Waals surface area contributed by atoms with Gasteiger partial charge in [0, 0.05) is 36.2 Å². The number of nitrogens with one attached hydrogen (secondary N) is 1. The lowest BCUT2D eigenvalue weighted by Crippen LogP contribution is -2.36. The molecule has 4 rings (SSSR count). The summed E-state index contributed by atoms with van der Waals surface area (Å²) in [4.78, 5) is 23.9. The largest absolute Gasteiger partial charge is 0.378 e. The van der Waals surface area contributed by atoms with Gasteiger partial charge in [-0.15, -0.1) is 0 Å². The van der Waals surface area contributed by atoms with Crippen LogP contribution in [0, 0.1) is 6.92 Å². The summed E-state index contributed by atoms with van der Waals surface area (Å²) in [7, 11) is 0. The molecule has 0 unspecified atom stereocenters. The second kappa shape index (κ2) is 8.12. The van der Waals surface area contributed by atoms with Gasteiger partial charge in [0.15, 0.2) is 0 Å². The maximum atomic E-state index is 12.6. The van der Waals surface area contributed by atoms with Crippen molar-refractivity contribution in [2.24, 2.45) is 0 Å². The molecule has 1 N–H and O–H groups in total. The van der Waals surface area contributed by atoms with E-state index in [4.69, 9.17) is 16.3 Å². The van der Waals surface area contributed by atoms with E-state index in [2.05, 4.69) is 20.2 Å². The van der Waals surface area contributed by atoms with Gasteiger partial charge in [-0.1, -0.05) is 23.7 Å². The van der Waals surface area contributed by atoms with Crippen molar-refractivity contribution in [3.8, 4) is 0 Å². The third kappa shape index (κ3) is 4.08. The highest BCUT2D eigenvalue weighted by Gasteiger charge is 2.14. The molecule has 0 radical (unpaired) electrons. The van der Waals surface area contributed by atoms with Crippen LogP contribution in [0.1, 0.15) is 21.6 Å². The quantitative estimate of drug-likeness (QED) is 0.732. The molecule has 0 atom stereocenters. The zero-order valence-electron chi connectivity index (χ0n) is 15.6. The molecule has 1 aliphatic heterocycles. The Kier molecular flexibility index (Phi) is 5.41. The van der Waals surface area contributed by atoms with Crippen molar-refractivity contribution in [3.63, 3.8) is 0 Å². The van der Waals surface area contributed by atoms with E-state index in [1.807, 2.05) is 31.2 Å². The van der Waals surface area contributed by atoms with Crippen molar-refractivity contribution < 1.29 is 9.53 Å². The molecule has 1 fully saturated rings. The Hall–Kier alpha value is -2.70. The molecular formula is C21H21ClN4O2. The fourth-order valence-corrected chi connectivity index (χ4v) is 3.41. The van der Waals surface area contributed by atoms with Gasteiger partial charge in [0.2, 0.25) is 0 Å². The lowest BCUT2D eigenvalue weighted by Gasteiger charge is -2.27. The summed E-state index contributed by atoms with van der Waals surface area (Å²) in [5, 5.41) is 4.47. The Balaban J connectivity index is 1.43. The van der Waals surface area contributed by atoms with E-state index in [-0.39, 0.29) is 5.91 Å². The number of nitrogens with zero attached hydrogens (tertiary/aromatic N) is 3. The second-order valence-corrected chi connectivity index (χ2v) is 7.20. The van der Waals surface area contributed by atoms with E-state index in [0.29, 0.717) is 22.8 Å². The number of morpholine rings is 1. The van der Waals surface area contributed by atoms with E-state index in [0.717, 1.165) is 48.6 Å². The Bertz CT molecular complexity index is 1000. The van der Waals surface area contributed by atoms with Gasteiger partial charge in [-0.05, 0) is 36.8 Å². The number of pyridine rings is 2. The van der Waals surface area contributed by atoms with Crippen molar-refractivity contribution in [1.29, 1.82) is 0 Å². The van der Waals surface area contributed by atoms with Crippen LogP contribution < -0.4 is 10.2 Å². The van der Waals surface area contributed by atoms with Crippen LogP contribution in [-0.4, -0.2) is 42.2 Å². The molecule has 28 heavy (non-hydrogen) atoms. The van der Waals surface area contributed by atoms with E-state index >= 15 is 0 Å². The van der Waals surface area contributed by atoms with Crippen LogP contribution in [0.15, 0.2) is 42.6 Å². The monoisotopic (exact) mass is 396 g/mol. The van der Waals surface area contributed by atoms with Gasteiger partial charge in [0.05, 0.1) is 30.0 Å². The first-order chi connectivity index (χ1) is 13.6. The number of anilines is 1. The van der Waals surface area contributed by atoms with Crippen molar-refractivity contribution in [2.75, 3.05) is 31.2 Å². The Morgan fingerprint density at radius 2 is 2.04 bits per heavy atom. The molecule has 1 aromatic carbocycles. The first kappa shape index (κ1) is 18.7. The van der Waals surface area contributed by atoms with Crippen LogP contribution >= 0.6 is 11.6 Å². The normalized spacial score (nSPS) is 14.3. The number of hydrogen-bond acceptors (Lipinski definition) is 5. The highest BCUT2D eigenvalue weighted by Crippen LogP contribution is 2.20. The van der Waals surface area contributed by atoms with E-state index in [9.17, 15) is 4.79 Å². The van der Waals surface area contributed by atoms with Gasteiger partial charge >= 0.3 is 0 Å². The molecule has 1 amide bonds. The minimum Gasteiger partial charge on any atom is -0.378 e. The summed E-state index contributed by atoms with van der Waals surface area (Å²) < 4.78 is 5.37. The number of aromatic nitrogens is 2. The molecule has 0 bridgehead atoms. The van der Waals surface area contributed by atoms with Gasteiger partial charge in [0.25, 0.3) is 5.91 Å². The molecule has 3 aromatic rings. The second-order valence-electron chi connectivity index (χ2n) is 6.77. The number of halogens is 1. The molecule has 0 saturated carbocycles. The lowest BCUT2D eigenvalue weighted by atomic mass is 10.1. The Labute approximate surface area is 168 Å². The number of fused-ring (bicyclic) bond motifs is 1. The van der Waals surface area contributed by atoms with Crippen molar-refractivity contribution in [3.05, 3.63) is 64.4 Å². The fraction of sp³-hybridized carbons (Fsp3) is 0.286. The van der Waals surface area contributed by atoms with Crippen molar-refractivity contribution >= 4 is 34.2 Å². The first-order valence-electron chi connectivity index (χ1n) is 9.23. The predicted molar refractivity (Wildman–Crippen MR) is 110 cm³/mol. The highest BCUT2D eigenvalue weighted by atomic mass is 35.5. The maximum absolute atomic E-state index is 12.6. The Morgan fingerprint density at radius 3 is 2.79 bits per heavy atom. The fourth-order valence-electron chi connectivity index (χ4n) is 3.24. The SMILES string of the molecule is Cc1nc2cc(Cl)ccc2cc1C(=O)NCc1ccc(N2CCOCC2)nc1. The van der Waals surface area contributed by atoms with Gasteiger partial charge in [-0.3, -0.25) is 9.78 Å². The number of hydrogen-bond donors (Lipinski definition) is 1. The predicted octanol–water partition coefficient (Wildman–Crippen LogP) is 3.36. The van der Waals surface area contributed by atoms with Crippen LogP contribution in [0.2, 0.25) is 5.02 Å². The smallest absolute Gasteiger partial charge is 0.253 e. The number of carbonyl (C=O) groups is 1. The summed E-state index contributed by atoms with van der Waals surface area (Å²) in [6.45, 7) is 5.39. The molecule has 1 aliphatic rings. The topological polar surface area (TPSA) is 67.4 Å². The summed E-state index contributed by atoms with van der Waals surface area (Å²) in [6.07, 6.45) is 1.80. The zero-order valence-corrected chi connectivity index (χ0v) is 16.4. The minimum absolute atomic E-state index is 0.154. The third-order valence-electron chi connectivity index (χ3n) is 4.81. The molecule has 6 nitrogen and oxygen atoms in total. The average Bonchev–Trinajstić information content (AvgIpc) is 2.72. The van der Waals surface area contributed by atoms with Gasteiger partial charge < -0.3 is 15.0 Å². The zero-order chi connectivity index (χ0) is 19.5. The van der Waals surface area contributed by atoms with E-state index < -0.39 is 0 Å². The van der Waals surface area contributed by atoms with Crippen LogP contribution in [0.25, 0.3) is 10.9 Å². The number of ether oxygens (including phenoxy) is 1. The van der Waals surface area contributed by atoms with Crippen LogP contribution in [-0.2, 0) is 11.3 Å². The van der Waals surface area contributed by atoms with Gasteiger partial charge in [0.1, 0.15) is 5.82 Å². The molecule has 0 spiro atoms. The number of carbonyl (C=O) groups excluding carboxylic acids is 1. The van der Waals surface area contributed by atoms with Crippen LogP contribution in [0.3, 0.4) is 0 Å². The van der Waals surface area contributed by atoms with Crippen LogP contribution in [0.5, 0.6) is 0 Å². The van der Waals surface area contributed by atoms with Crippen molar-refractivity contribution in [1.82, 2.24) is 15.3 Å². The minimum atomic E-state index is -0.154. The Morgan fingerprint density at radius 1 is 1.21 bits per heavy atom. The summed E-state index contributed by atoms with van der Waals surface area (Å²) in [5.41, 5.74) is 2.97. The standard InChI is InChI=1S/C21H21ClN4O2/c1-14-18(10-16-3-4-17(22)11-19(16)25-14)21(27)24-13-15-2-5-20(23-12-15)26-6-8-28-9-7-26/h2-5,10-12H,6-9,13H2,1H3,(H,24,27). The summed E-state index contributed by atoms with van der Waals surface area (Å²) in [6, 6.07) is 11.3. The number of aryl methyl sites for hydroxylation is 1. The molecule has 2 aromatic heterocycles. The van der Waals surface area contributed by atoms with E-state index in [1.54, 1.807) is 18.3 Å². The summed E-state index contributed by atoms with van der Waals surface area (Å²) >= 11 is 6.02. The molecule has 3 heterocycles. The molecule has 144 valence electrons. The molecule has 1 saturated heterocycles. The molecular weight excluding hydrogens is 376 g/mol. The molecule has 0 aliphatic carbocycles. The third-order valence-corrected chi connectivity index (χ3v) is 5.05. The number of amides is 1.